The van der Waals surface area contributed by atoms with Crippen LogP contribution in [-0.2, 0) is 14.8 Å². The van der Waals surface area contributed by atoms with Crippen LogP contribution < -0.4 is 10.6 Å². The highest BCUT2D eigenvalue weighted by Gasteiger charge is 2.30. The van der Waals surface area contributed by atoms with Gasteiger partial charge in [0.2, 0.25) is 15.9 Å². The molecule has 2 aromatic rings. The largest absolute Gasteiger partial charge is 0.376 e. The Bertz CT molecular complexity index is 1100. The first-order valence-corrected chi connectivity index (χ1v) is 11.8. The molecule has 2 amide bonds. The van der Waals surface area contributed by atoms with Crippen molar-refractivity contribution >= 4 is 27.5 Å². The molecule has 3 rings (SSSR count). The molecule has 8 nitrogen and oxygen atoms in total. The van der Waals surface area contributed by atoms with Gasteiger partial charge >= 0.3 is 0 Å². The minimum absolute atomic E-state index is 0.0241. The van der Waals surface area contributed by atoms with Gasteiger partial charge in [-0.3, -0.25) is 9.59 Å². The molecule has 2 N–H and O–H groups in total. The Morgan fingerprint density at radius 1 is 1.06 bits per heavy atom. The molecule has 0 atom stereocenters. The van der Waals surface area contributed by atoms with Crippen LogP contribution in [0.3, 0.4) is 0 Å². The van der Waals surface area contributed by atoms with Crippen molar-refractivity contribution in [2.24, 2.45) is 0 Å². The van der Waals surface area contributed by atoms with Crippen molar-refractivity contribution in [3.8, 4) is 0 Å². The molecule has 1 saturated heterocycles. The van der Waals surface area contributed by atoms with E-state index in [9.17, 15) is 22.4 Å². The smallest absolute Gasteiger partial charge is 0.251 e. The van der Waals surface area contributed by atoms with Crippen molar-refractivity contribution in [3.63, 3.8) is 0 Å². The Kier molecular flexibility index (Phi) is 7.47. The molecular formula is C22H27FN4O4S. The van der Waals surface area contributed by atoms with E-state index in [1.165, 1.54) is 22.5 Å². The normalized spacial score (nSPS) is 14.8. The average Bonchev–Trinajstić information content (AvgIpc) is 2.78. The van der Waals surface area contributed by atoms with Gasteiger partial charge in [0.05, 0.1) is 11.4 Å². The summed E-state index contributed by atoms with van der Waals surface area (Å²) in [4.78, 5) is 26.2. The molecule has 172 valence electrons. The van der Waals surface area contributed by atoms with E-state index in [4.69, 9.17) is 0 Å². The van der Waals surface area contributed by atoms with Crippen LogP contribution in [0.1, 0.15) is 22.8 Å². The molecule has 0 saturated carbocycles. The zero-order valence-electron chi connectivity index (χ0n) is 18.1. The number of halogens is 1. The van der Waals surface area contributed by atoms with Crippen LogP contribution in [0.2, 0.25) is 0 Å². The second-order valence-electron chi connectivity index (χ2n) is 7.48. The van der Waals surface area contributed by atoms with Gasteiger partial charge in [-0.2, -0.15) is 4.31 Å². The number of nitrogens with one attached hydrogen (secondary N) is 2. The number of carbonyl (C=O) groups is 2. The van der Waals surface area contributed by atoms with E-state index in [1.807, 2.05) is 19.9 Å². The zero-order valence-corrected chi connectivity index (χ0v) is 18.9. The fraction of sp³-hybridized carbons (Fsp3) is 0.364. The van der Waals surface area contributed by atoms with Gasteiger partial charge in [-0.05, 0) is 49.7 Å². The minimum Gasteiger partial charge on any atom is -0.376 e. The third-order valence-electron chi connectivity index (χ3n) is 5.29. The zero-order chi connectivity index (χ0) is 23.3. The fourth-order valence-corrected chi connectivity index (χ4v) is 4.91. The summed E-state index contributed by atoms with van der Waals surface area (Å²) in [5.74, 6) is -0.967. The van der Waals surface area contributed by atoms with Crippen molar-refractivity contribution in [2.45, 2.75) is 18.7 Å². The van der Waals surface area contributed by atoms with Gasteiger partial charge in [0.15, 0.2) is 0 Å². The number of aryl methyl sites for hydroxylation is 1. The Morgan fingerprint density at radius 3 is 2.44 bits per heavy atom. The molecule has 1 aliphatic heterocycles. The Balaban J connectivity index is 1.57. The Hall–Kier alpha value is -2.98. The van der Waals surface area contributed by atoms with E-state index < -0.39 is 15.8 Å². The highest BCUT2D eigenvalue weighted by molar-refractivity contribution is 7.89. The standard InChI is InChI=1S/C22H27FN4O4S/c1-3-24-22(29)17-8-7-16(2)20(13-17)25-15-21(28)26-9-11-27(12-10-26)32(30,31)19-6-4-5-18(23)14-19/h4-8,13-14,25H,3,9-12,15H2,1-2H3,(H,24,29). The maximum Gasteiger partial charge on any atom is 0.251 e. The summed E-state index contributed by atoms with van der Waals surface area (Å²) in [6.45, 7) is 5.02. The average molecular weight is 463 g/mol. The summed E-state index contributed by atoms with van der Waals surface area (Å²) in [5.41, 5.74) is 2.09. The number of rotatable bonds is 7. The first-order valence-electron chi connectivity index (χ1n) is 10.4. The molecule has 1 aliphatic rings. The number of nitrogens with zero attached hydrogens (tertiary/aromatic N) is 2. The molecule has 32 heavy (non-hydrogen) atoms. The van der Waals surface area contributed by atoms with E-state index in [2.05, 4.69) is 10.6 Å². The molecule has 1 heterocycles. The maximum atomic E-state index is 13.4. The predicted octanol–water partition coefficient (Wildman–Crippen LogP) is 1.83. The van der Waals surface area contributed by atoms with Crippen LogP contribution in [0.25, 0.3) is 0 Å². The third-order valence-corrected chi connectivity index (χ3v) is 7.19. The maximum absolute atomic E-state index is 13.4. The molecule has 0 spiro atoms. The van der Waals surface area contributed by atoms with Crippen LogP contribution in [0.4, 0.5) is 10.1 Å². The number of sulfonamides is 1. The monoisotopic (exact) mass is 462 g/mol. The number of anilines is 1. The number of hydrogen-bond donors (Lipinski definition) is 2. The molecule has 0 unspecified atom stereocenters. The SMILES string of the molecule is CCNC(=O)c1ccc(C)c(NCC(=O)N2CCN(S(=O)(=O)c3cccc(F)c3)CC2)c1. The quantitative estimate of drug-likeness (QED) is 0.654. The van der Waals surface area contributed by atoms with E-state index in [0.717, 1.165) is 11.6 Å². The first-order chi connectivity index (χ1) is 15.2. The van der Waals surface area contributed by atoms with Gasteiger partial charge in [-0.25, -0.2) is 12.8 Å². The molecule has 0 radical (unpaired) electrons. The van der Waals surface area contributed by atoms with Crippen LogP contribution in [-0.4, -0.2) is 68.7 Å². The topological polar surface area (TPSA) is 98.8 Å². The van der Waals surface area contributed by atoms with Crippen molar-refractivity contribution < 1.29 is 22.4 Å². The lowest BCUT2D eigenvalue weighted by Gasteiger charge is -2.34. The van der Waals surface area contributed by atoms with E-state index in [1.54, 1.807) is 17.0 Å². The van der Waals surface area contributed by atoms with Gasteiger partial charge in [0.1, 0.15) is 5.82 Å². The summed E-state index contributed by atoms with van der Waals surface area (Å²) >= 11 is 0. The molecule has 2 aromatic carbocycles. The summed E-state index contributed by atoms with van der Waals surface area (Å²) in [5, 5.41) is 5.82. The van der Waals surface area contributed by atoms with Crippen molar-refractivity contribution in [1.82, 2.24) is 14.5 Å². The van der Waals surface area contributed by atoms with Crippen LogP contribution >= 0.6 is 0 Å². The number of carbonyl (C=O) groups excluding carboxylic acids is 2. The van der Waals surface area contributed by atoms with Gasteiger partial charge in [0.25, 0.3) is 5.91 Å². The fourth-order valence-electron chi connectivity index (χ4n) is 3.45. The van der Waals surface area contributed by atoms with E-state index in [0.29, 0.717) is 17.8 Å². The van der Waals surface area contributed by atoms with E-state index >= 15 is 0 Å². The Morgan fingerprint density at radius 2 is 1.78 bits per heavy atom. The number of piperazine rings is 1. The summed E-state index contributed by atoms with van der Waals surface area (Å²) in [7, 11) is -3.81. The molecule has 10 heteroatoms. The lowest BCUT2D eigenvalue weighted by Crippen LogP contribution is -2.51. The highest BCUT2D eigenvalue weighted by Crippen LogP contribution is 2.19. The lowest BCUT2D eigenvalue weighted by atomic mass is 10.1. The molecule has 0 aromatic heterocycles. The summed E-state index contributed by atoms with van der Waals surface area (Å²) in [6, 6.07) is 10.1. The summed E-state index contributed by atoms with van der Waals surface area (Å²) < 4.78 is 40.1. The minimum atomic E-state index is -3.81. The molecule has 1 fully saturated rings. The second kappa shape index (κ2) is 10.1. The highest BCUT2D eigenvalue weighted by atomic mass is 32.2. The number of benzene rings is 2. The molecular weight excluding hydrogens is 435 g/mol. The second-order valence-corrected chi connectivity index (χ2v) is 9.42. The predicted molar refractivity (Wildman–Crippen MR) is 119 cm³/mol. The van der Waals surface area contributed by atoms with Crippen LogP contribution in [0.5, 0.6) is 0 Å². The third kappa shape index (κ3) is 5.43. The Labute approximate surface area is 187 Å². The number of amides is 2. The van der Waals surface area contributed by atoms with Crippen molar-refractivity contribution in [2.75, 3.05) is 44.6 Å². The summed E-state index contributed by atoms with van der Waals surface area (Å²) in [6.07, 6.45) is 0. The number of hydrogen-bond acceptors (Lipinski definition) is 5. The van der Waals surface area contributed by atoms with Crippen LogP contribution in [0, 0.1) is 12.7 Å². The van der Waals surface area contributed by atoms with Gasteiger partial charge in [-0.15, -0.1) is 0 Å². The first kappa shape index (κ1) is 23.7. The van der Waals surface area contributed by atoms with E-state index in [-0.39, 0.29) is 49.4 Å². The molecule has 0 aliphatic carbocycles. The van der Waals surface area contributed by atoms with Crippen molar-refractivity contribution in [3.05, 3.63) is 59.4 Å². The van der Waals surface area contributed by atoms with Gasteiger partial charge in [0, 0.05) is 44.0 Å². The van der Waals surface area contributed by atoms with Gasteiger partial charge in [-0.1, -0.05) is 12.1 Å². The van der Waals surface area contributed by atoms with Crippen LogP contribution in [0.15, 0.2) is 47.4 Å². The van der Waals surface area contributed by atoms with Gasteiger partial charge < -0.3 is 15.5 Å². The molecule has 0 bridgehead atoms. The lowest BCUT2D eigenvalue weighted by molar-refractivity contribution is -0.130. The van der Waals surface area contributed by atoms with Crippen molar-refractivity contribution in [1.29, 1.82) is 0 Å².